The summed E-state index contributed by atoms with van der Waals surface area (Å²) in [6, 6.07) is 80.7. The molecule has 0 aliphatic heterocycles. The summed E-state index contributed by atoms with van der Waals surface area (Å²) in [6.45, 7) is 0. The van der Waals surface area contributed by atoms with Crippen LogP contribution in [0.15, 0.2) is 232 Å². The third-order valence-corrected chi connectivity index (χ3v) is 15.3. The van der Waals surface area contributed by atoms with Gasteiger partial charge in [0.05, 0.1) is 35.1 Å². The van der Waals surface area contributed by atoms with Crippen molar-refractivity contribution in [2.24, 2.45) is 0 Å². The van der Waals surface area contributed by atoms with E-state index in [0.717, 1.165) is 130 Å². The van der Waals surface area contributed by atoms with Gasteiger partial charge >= 0.3 is 20.1 Å². The van der Waals surface area contributed by atoms with Crippen LogP contribution in [0.3, 0.4) is 0 Å². The number of aromatic nitrogens is 6. The first-order valence-corrected chi connectivity index (χ1v) is 25.7. The van der Waals surface area contributed by atoms with Gasteiger partial charge in [-0.2, -0.15) is 51.7 Å². The van der Waals surface area contributed by atoms with E-state index in [-0.39, 0.29) is 20.1 Å². The van der Waals surface area contributed by atoms with E-state index in [2.05, 4.69) is 230 Å². The number of para-hydroxylation sites is 3. The van der Waals surface area contributed by atoms with E-state index in [4.69, 9.17) is 15.3 Å². The Morgan fingerprint density at radius 2 is 0.562 bits per heavy atom. The fourth-order valence-electron chi connectivity index (χ4n) is 9.84. The molecule has 0 atom stereocenters. The van der Waals surface area contributed by atoms with Crippen molar-refractivity contribution in [3.05, 3.63) is 250 Å². The summed E-state index contributed by atoms with van der Waals surface area (Å²) in [5.41, 5.74) is 18.3. The molecule has 0 saturated heterocycles. The zero-order valence-electron chi connectivity index (χ0n) is 38.4. The standard InChI is InChI=1S/C63H36Br3N6.Ir/c64-58-34-46(70-61-22-10-1-13-40(61)37-67-70)25-28-55(58)52-19-7-4-16-49(52)43-31-44(50-17-5-8-20-53(50)56-29-26-47(35-59(56)65)71-62-23-11-2-14-41(62)38-68-71)33-45(32-43)51-18-6-9-21-54(51)57-30-27-48(36-60(57)66)72-63-24-12-3-15-42(63)39-69-72;/h1-24,28-39H;/q-3;+3. The summed E-state index contributed by atoms with van der Waals surface area (Å²) < 4.78 is 8.63. The Kier molecular flexibility index (Phi) is 12.6. The van der Waals surface area contributed by atoms with Crippen molar-refractivity contribution >= 4 is 80.5 Å². The van der Waals surface area contributed by atoms with E-state index in [1.807, 2.05) is 69.0 Å². The second-order valence-corrected chi connectivity index (χ2v) is 20.1. The molecule has 0 spiro atoms. The van der Waals surface area contributed by atoms with Crippen molar-refractivity contribution in [1.29, 1.82) is 0 Å². The first-order chi connectivity index (χ1) is 35.4. The third-order valence-electron chi connectivity index (χ3n) is 13.3. The van der Waals surface area contributed by atoms with Crippen LogP contribution in [-0.4, -0.2) is 29.3 Å². The molecule has 13 aromatic rings. The number of halogens is 3. The van der Waals surface area contributed by atoms with Crippen molar-refractivity contribution < 1.29 is 20.1 Å². The summed E-state index contributed by atoms with van der Waals surface area (Å²) >= 11 is 12.0. The molecule has 0 unspecified atom stereocenters. The summed E-state index contributed by atoms with van der Waals surface area (Å²) in [5.74, 6) is 0. The molecule has 13 rings (SSSR count). The third kappa shape index (κ3) is 8.53. The van der Waals surface area contributed by atoms with Crippen LogP contribution < -0.4 is 0 Å². The van der Waals surface area contributed by atoms with Gasteiger partial charge in [-0.3, -0.25) is 14.0 Å². The Morgan fingerprint density at radius 3 is 0.849 bits per heavy atom. The number of hydrogen-bond donors (Lipinski definition) is 0. The molecule has 0 aliphatic carbocycles. The minimum absolute atomic E-state index is 0. The minimum Gasteiger partial charge on any atom is -0.258 e. The van der Waals surface area contributed by atoms with Gasteiger partial charge in [0.15, 0.2) is 0 Å². The molecular formula is C63H36Br3IrN6. The van der Waals surface area contributed by atoms with Gasteiger partial charge in [0, 0.05) is 16.2 Å². The number of rotatable bonds is 9. The number of benzene rings is 10. The molecule has 10 aromatic carbocycles. The van der Waals surface area contributed by atoms with E-state index < -0.39 is 0 Å². The quantitative estimate of drug-likeness (QED) is 0.135. The van der Waals surface area contributed by atoms with Gasteiger partial charge in [0.2, 0.25) is 0 Å². The Hall–Kier alpha value is -7.30. The molecule has 0 saturated carbocycles. The molecule has 3 heterocycles. The van der Waals surface area contributed by atoms with Crippen molar-refractivity contribution in [3.63, 3.8) is 0 Å². The van der Waals surface area contributed by atoms with Crippen LogP contribution in [-0.2, 0) is 20.1 Å². The van der Waals surface area contributed by atoms with Gasteiger partial charge in [0.25, 0.3) is 0 Å². The molecule has 3 aromatic heterocycles. The summed E-state index contributed by atoms with van der Waals surface area (Å²) in [5, 5.41) is 17.4. The van der Waals surface area contributed by atoms with E-state index >= 15 is 0 Å². The number of hydrogen-bond acceptors (Lipinski definition) is 3. The molecule has 0 radical (unpaired) electrons. The fraction of sp³-hybridized carbons (Fsp3) is 0. The topological polar surface area (TPSA) is 53.5 Å². The SMILES string of the molecule is Brc1cc(-n2ncc3ccccc32)[c-]cc1-c1ccccc1-c1cc(-c2ccccc2-c2c[c-]c(-n3ncc4ccccc43)cc2Br)cc(-c2ccccc2-c2c[c-]c(-n3ncc4ccccc43)cc2Br)c1.[Ir+3]. The first kappa shape index (κ1) is 46.7. The van der Waals surface area contributed by atoms with Gasteiger partial charge in [-0.15, -0.1) is 34.9 Å². The summed E-state index contributed by atoms with van der Waals surface area (Å²) in [7, 11) is 0. The number of fused-ring (bicyclic) bond motifs is 3. The number of nitrogens with zero attached hydrogens (tertiary/aromatic N) is 6. The van der Waals surface area contributed by atoms with E-state index in [1.165, 1.54) is 0 Å². The maximum Gasteiger partial charge on any atom is 3.00 e. The largest absolute Gasteiger partial charge is 3.00 e. The average molecular weight is 1310 g/mol. The van der Waals surface area contributed by atoms with Crippen molar-refractivity contribution in [2.45, 2.75) is 0 Å². The molecule has 73 heavy (non-hydrogen) atoms. The summed E-state index contributed by atoms with van der Waals surface area (Å²) in [4.78, 5) is 0. The molecule has 0 bridgehead atoms. The van der Waals surface area contributed by atoms with Crippen LogP contribution in [0, 0.1) is 18.2 Å². The maximum atomic E-state index is 4.72. The normalized spacial score (nSPS) is 11.4. The zero-order chi connectivity index (χ0) is 48.3. The molecule has 0 fully saturated rings. The minimum atomic E-state index is 0. The summed E-state index contributed by atoms with van der Waals surface area (Å²) in [6.07, 6.45) is 5.68. The van der Waals surface area contributed by atoms with E-state index in [9.17, 15) is 0 Å². The van der Waals surface area contributed by atoms with Crippen LogP contribution in [0.5, 0.6) is 0 Å². The Bertz CT molecular complexity index is 3800. The zero-order valence-corrected chi connectivity index (χ0v) is 45.6. The van der Waals surface area contributed by atoms with E-state index in [1.54, 1.807) is 0 Å². The first-order valence-electron chi connectivity index (χ1n) is 23.3. The predicted octanol–water partition coefficient (Wildman–Crippen LogP) is 17.4. The van der Waals surface area contributed by atoms with Crippen molar-refractivity contribution in [3.8, 4) is 83.8 Å². The second-order valence-electron chi connectivity index (χ2n) is 17.5. The molecule has 10 heteroatoms. The van der Waals surface area contributed by atoms with Gasteiger partial charge in [-0.1, -0.05) is 205 Å². The van der Waals surface area contributed by atoms with Gasteiger partial charge in [-0.25, -0.2) is 0 Å². The smallest absolute Gasteiger partial charge is 0.258 e. The van der Waals surface area contributed by atoms with Gasteiger partial charge < -0.3 is 0 Å². The molecule has 0 amide bonds. The molecular weight excluding hydrogens is 1270 g/mol. The van der Waals surface area contributed by atoms with Gasteiger partial charge in [-0.05, 0) is 86.8 Å². The molecule has 6 nitrogen and oxygen atoms in total. The molecule has 348 valence electrons. The Morgan fingerprint density at radius 1 is 0.301 bits per heavy atom. The Labute approximate surface area is 460 Å². The van der Waals surface area contributed by atoms with E-state index in [0.29, 0.717) is 0 Å². The van der Waals surface area contributed by atoms with Gasteiger partial charge in [0.1, 0.15) is 0 Å². The van der Waals surface area contributed by atoms with Crippen molar-refractivity contribution in [2.75, 3.05) is 0 Å². The predicted molar refractivity (Wildman–Crippen MR) is 303 cm³/mol. The average Bonchev–Trinajstić information content (AvgIpc) is 4.19. The molecule has 0 aliphatic rings. The van der Waals surface area contributed by atoms with Crippen molar-refractivity contribution in [1.82, 2.24) is 29.3 Å². The van der Waals surface area contributed by atoms with Crippen LogP contribution in [0.1, 0.15) is 0 Å². The fourth-order valence-corrected chi connectivity index (χ4v) is 11.5. The maximum absolute atomic E-state index is 4.72. The Balaban J connectivity index is 0.00000543. The van der Waals surface area contributed by atoms with Crippen LogP contribution in [0.2, 0.25) is 0 Å². The van der Waals surface area contributed by atoms with Crippen LogP contribution in [0.25, 0.3) is 117 Å². The molecule has 0 N–H and O–H groups in total. The van der Waals surface area contributed by atoms with Crippen LogP contribution in [0.4, 0.5) is 0 Å². The van der Waals surface area contributed by atoms with Crippen LogP contribution >= 0.6 is 47.8 Å². The second kappa shape index (κ2) is 19.6. The monoisotopic (exact) mass is 1310 g/mol.